The number of carbonyl (C=O) groups is 1. The molecule has 0 spiro atoms. The summed E-state index contributed by atoms with van der Waals surface area (Å²) >= 11 is 0. The number of aliphatic carboxylic acids is 1. The van der Waals surface area contributed by atoms with E-state index in [9.17, 15) is 18.0 Å². The van der Waals surface area contributed by atoms with Gasteiger partial charge in [0.1, 0.15) is 5.69 Å². The first-order valence-corrected chi connectivity index (χ1v) is 4.90. The lowest BCUT2D eigenvalue weighted by atomic mass is 10.1. The van der Waals surface area contributed by atoms with Crippen molar-refractivity contribution in [3.63, 3.8) is 0 Å². The Labute approximate surface area is 96.0 Å². The highest BCUT2D eigenvalue weighted by atomic mass is 19.4. The highest BCUT2D eigenvalue weighted by Crippen LogP contribution is 2.33. The Morgan fingerprint density at radius 2 is 1.94 bits per heavy atom. The zero-order valence-electron chi connectivity index (χ0n) is 9.67. The van der Waals surface area contributed by atoms with E-state index in [2.05, 4.69) is 5.10 Å². The first-order chi connectivity index (χ1) is 7.51. The Morgan fingerprint density at radius 1 is 1.41 bits per heavy atom. The van der Waals surface area contributed by atoms with Crippen LogP contribution in [0.2, 0.25) is 0 Å². The van der Waals surface area contributed by atoms with E-state index in [1.165, 1.54) is 0 Å². The highest BCUT2D eigenvalue weighted by Gasteiger charge is 2.38. The number of rotatable bonds is 2. The van der Waals surface area contributed by atoms with Crippen molar-refractivity contribution in [3.8, 4) is 0 Å². The molecule has 0 amide bonds. The lowest BCUT2D eigenvalue weighted by Crippen LogP contribution is -2.28. The molecule has 0 saturated heterocycles. The van der Waals surface area contributed by atoms with E-state index in [4.69, 9.17) is 5.11 Å². The summed E-state index contributed by atoms with van der Waals surface area (Å²) in [7, 11) is 0. The van der Waals surface area contributed by atoms with Gasteiger partial charge in [-0.15, -0.1) is 0 Å². The number of hydrogen-bond acceptors (Lipinski definition) is 2. The molecule has 4 nitrogen and oxygen atoms in total. The molecule has 1 heterocycles. The number of alkyl halides is 3. The van der Waals surface area contributed by atoms with Gasteiger partial charge >= 0.3 is 12.1 Å². The van der Waals surface area contributed by atoms with Gasteiger partial charge in [-0.05, 0) is 26.8 Å². The van der Waals surface area contributed by atoms with E-state index in [-0.39, 0.29) is 5.69 Å². The SMILES string of the molecule is CC(C)(C)n1nc(CC(=O)O)cc1C(F)(F)F. The third kappa shape index (κ3) is 3.21. The standard InChI is InChI=1S/C10H13F3N2O2/c1-9(2,3)15-7(10(11,12)13)4-6(14-15)5-8(16)17/h4H,5H2,1-3H3,(H,16,17). The van der Waals surface area contributed by atoms with Crippen molar-refractivity contribution >= 4 is 5.97 Å². The van der Waals surface area contributed by atoms with Gasteiger partial charge in [0.05, 0.1) is 17.7 Å². The molecule has 17 heavy (non-hydrogen) atoms. The number of nitrogens with zero attached hydrogens (tertiary/aromatic N) is 2. The molecule has 1 aromatic heterocycles. The van der Waals surface area contributed by atoms with Crippen LogP contribution < -0.4 is 0 Å². The Kier molecular flexibility index (Phi) is 3.22. The van der Waals surface area contributed by atoms with E-state index in [1.54, 1.807) is 20.8 Å². The molecule has 0 bridgehead atoms. The molecule has 0 fully saturated rings. The molecule has 0 aliphatic heterocycles. The smallest absolute Gasteiger partial charge is 0.433 e. The second-order valence-corrected chi connectivity index (χ2v) is 4.67. The van der Waals surface area contributed by atoms with Crippen LogP contribution in [0.5, 0.6) is 0 Å². The van der Waals surface area contributed by atoms with Crippen molar-refractivity contribution in [3.05, 3.63) is 17.5 Å². The molecule has 0 atom stereocenters. The summed E-state index contributed by atoms with van der Waals surface area (Å²) in [5, 5.41) is 12.2. The van der Waals surface area contributed by atoms with E-state index in [0.29, 0.717) is 0 Å². The lowest BCUT2D eigenvalue weighted by molar-refractivity contribution is -0.146. The minimum absolute atomic E-state index is 0.0975. The van der Waals surface area contributed by atoms with Crippen LogP contribution in [-0.2, 0) is 22.9 Å². The molecule has 96 valence electrons. The van der Waals surface area contributed by atoms with E-state index in [1.807, 2.05) is 0 Å². The first kappa shape index (κ1) is 13.5. The fraction of sp³-hybridized carbons (Fsp3) is 0.600. The van der Waals surface area contributed by atoms with Gasteiger partial charge in [-0.3, -0.25) is 9.48 Å². The molecule has 0 aliphatic carbocycles. The van der Waals surface area contributed by atoms with Crippen LogP contribution in [0.1, 0.15) is 32.2 Å². The Bertz CT molecular complexity index is 398. The van der Waals surface area contributed by atoms with Crippen molar-refractivity contribution in [2.75, 3.05) is 0 Å². The van der Waals surface area contributed by atoms with Gasteiger partial charge in [0.25, 0.3) is 0 Å². The Hall–Kier alpha value is -1.53. The van der Waals surface area contributed by atoms with Crippen LogP contribution in [0.15, 0.2) is 6.07 Å². The second-order valence-electron chi connectivity index (χ2n) is 4.67. The third-order valence-corrected chi connectivity index (χ3v) is 2.02. The van der Waals surface area contributed by atoms with Crippen LogP contribution in [0.25, 0.3) is 0 Å². The summed E-state index contributed by atoms with van der Waals surface area (Å²) in [6, 6.07) is 0.777. The average molecular weight is 250 g/mol. The van der Waals surface area contributed by atoms with Crippen molar-refractivity contribution in [2.24, 2.45) is 0 Å². The molecule has 0 aromatic carbocycles. The van der Waals surface area contributed by atoms with Crippen LogP contribution in [0.3, 0.4) is 0 Å². The molecule has 0 aliphatic rings. The van der Waals surface area contributed by atoms with Crippen molar-refractivity contribution in [2.45, 2.75) is 38.9 Å². The fourth-order valence-electron chi connectivity index (χ4n) is 1.38. The van der Waals surface area contributed by atoms with Crippen LogP contribution in [0.4, 0.5) is 13.2 Å². The number of aromatic nitrogens is 2. The molecule has 1 aromatic rings. The molecular formula is C10H13F3N2O2. The molecule has 0 unspecified atom stereocenters. The van der Waals surface area contributed by atoms with Gasteiger partial charge in [-0.2, -0.15) is 18.3 Å². The van der Waals surface area contributed by atoms with Crippen molar-refractivity contribution < 1.29 is 23.1 Å². The maximum Gasteiger partial charge on any atom is 0.433 e. The predicted octanol–water partition coefficient (Wildman–Crippen LogP) is 2.28. The van der Waals surface area contributed by atoms with Gasteiger partial charge in [0.2, 0.25) is 0 Å². The summed E-state index contributed by atoms with van der Waals surface area (Å²) in [6.45, 7) is 4.71. The van der Waals surface area contributed by atoms with Crippen LogP contribution in [-0.4, -0.2) is 20.9 Å². The minimum atomic E-state index is -4.54. The van der Waals surface area contributed by atoms with E-state index < -0.39 is 29.8 Å². The van der Waals surface area contributed by atoms with Gasteiger partial charge in [0, 0.05) is 0 Å². The summed E-state index contributed by atoms with van der Waals surface area (Å²) < 4.78 is 39.0. The zero-order chi connectivity index (χ0) is 13.4. The minimum Gasteiger partial charge on any atom is -0.481 e. The summed E-state index contributed by atoms with van der Waals surface area (Å²) in [6.07, 6.45) is -5.07. The van der Waals surface area contributed by atoms with Gasteiger partial charge in [-0.25, -0.2) is 0 Å². The highest BCUT2D eigenvalue weighted by molar-refractivity contribution is 5.69. The molecular weight excluding hydrogens is 237 g/mol. The maximum atomic E-state index is 12.7. The first-order valence-electron chi connectivity index (χ1n) is 4.90. The second kappa shape index (κ2) is 4.05. The average Bonchev–Trinajstić information content (AvgIpc) is 2.44. The third-order valence-electron chi connectivity index (χ3n) is 2.02. The quantitative estimate of drug-likeness (QED) is 0.876. The number of carboxylic acids is 1. The molecule has 0 radical (unpaired) electrons. The van der Waals surface area contributed by atoms with E-state index in [0.717, 1.165) is 10.7 Å². The molecule has 7 heteroatoms. The van der Waals surface area contributed by atoms with E-state index >= 15 is 0 Å². The summed E-state index contributed by atoms with van der Waals surface area (Å²) in [5.74, 6) is -1.21. The van der Waals surface area contributed by atoms with Gasteiger partial charge < -0.3 is 5.11 Å². The normalized spacial score (nSPS) is 12.8. The van der Waals surface area contributed by atoms with Crippen LogP contribution in [0, 0.1) is 0 Å². The lowest BCUT2D eigenvalue weighted by Gasteiger charge is -2.23. The number of hydrogen-bond donors (Lipinski definition) is 1. The Morgan fingerprint density at radius 3 is 2.24 bits per heavy atom. The van der Waals surface area contributed by atoms with Gasteiger partial charge in [-0.1, -0.05) is 0 Å². The Balaban J connectivity index is 3.27. The maximum absolute atomic E-state index is 12.7. The topological polar surface area (TPSA) is 55.1 Å². The fourth-order valence-corrected chi connectivity index (χ4v) is 1.38. The molecule has 0 saturated carbocycles. The molecule has 1 rings (SSSR count). The summed E-state index contributed by atoms with van der Waals surface area (Å²) in [4.78, 5) is 10.5. The largest absolute Gasteiger partial charge is 0.481 e. The zero-order valence-corrected chi connectivity index (χ0v) is 9.67. The van der Waals surface area contributed by atoms with Crippen molar-refractivity contribution in [1.82, 2.24) is 9.78 Å². The predicted molar refractivity (Wildman–Crippen MR) is 53.6 cm³/mol. The monoisotopic (exact) mass is 250 g/mol. The molecule has 1 N–H and O–H groups in total. The number of halogens is 3. The van der Waals surface area contributed by atoms with Crippen LogP contribution >= 0.6 is 0 Å². The summed E-state index contributed by atoms with van der Waals surface area (Å²) in [5.41, 5.74) is -1.89. The van der Waals surface area contributed by atoms with Gasteiger partial charge in [0.15, 0.2) is 0 Å². The van der Waals surface area contributed by atoms with Crippen molar-refractivity contribution in [1.29, 1.82) is 0 Å². The number of carboxylic acid groups (broad SMARTS) is 1.